The Hall–Kier alpha value is -3.15. The molecule has 0 aromatic heterocycles. The highest BCUT2D eigenvalue weighted by Crippen LogP contribution is 2.17. The number of esters is 3. The Kier molecular flexibility index (Phi) is 59.7. The van der Waals surface area contributed by atoms with Crippen molar-refractivity contribution in [1.29, 1.82) is 0 Å². The maximum atomic E-state index is 12.8. The van der Waals surface area contributed by atoms with E-state index in [2.05, 4.69) is 93.7 Å². The summed E-state index contributed by atoms with van der Waals surface area (Å²) < 4.78 is 16.9. The van der Waals surface area contributed by atoms with Crippen LogP contribution in [0.3, 0.4) is 0 Å². The smallest absolute Gasteiger partial charge is 0.306 e. The summed E-state index contributed by atoms with van der Waals surface area (Å²) in [5, 5.41) is 0. The molecule has 0 aliphatic heterocycles. The molecule has 6 heteroatoms. The zero-order valence-electron chi connectivity index (χ0n) is 49.1. The van der Waals surface area contributed by atoms with Crippen molar-refractivity contribution in [2.45, 2.75) is 329 Å². The molecule has 0 saturated carbocycles. The molecule has 0 bridgehead atoms. The van der Waals surface area contributed by atoms with Crippen molar-refractivity contribution < 1.29 is 28.6 Å². The first kappa shape index (κ1) is 70.8. The van der Waals surface area contributed by atoms with Crippen molar-refractivity contribution in [2.75, 3.05) is 13.2 Å². The highest BCUT2D eigenvalue weighted by molar-refractivity contribution is 5.71. The van der Waals surface area contributed by atoms with Crippen LogP contribution in [-0.2, 0) is 28.6 Å². The van der Waals surface area contributed by atoms with Gasteiger partial charge in [-0.1, -0.05) is 286 Å². The molecule has 0 aliphatic rings. The molecule has 0 saturated heterocycles. The maximum absolute atomic E-state index is 12.8. The largest absolute Gasteiger partial charge is 0.462 e. The van der Waals surface area contributed by atoms with Gasteiger partial charge in [-0.05, 0) is 89.9 Å². The predicted molar refractivity (Wildman–Crippen MR) is 321 cm³/mol. The second-order valence-electron chi connectivity index (χ2n) is 21.3. The van der Waals surface area contributed by atoms with Gasteiger partial charge in [-0.3, -0.25) is 14.4 Å². The Morgan fingerprint density at radius 1 is 0.284 bits per heavy atom. The van der Waals surface area contributed by atoms with E-state index in [9.17, 15) is 14.4 Å². The van der Waals surface area contributed by atoms with Crippen LogP contribution in [0.25, 0.3) is 0 Å². The van der Waals surface area contributed by atoms with E-state index >= 15 is 0 Å². The van der Waals surface area contributed by atoms with E-state index in [1.54, 1.807) is 0 Å². The molecule has 1 unspecified atom stereocenters. The van der Waals surface area contributed by atoms with Gasteiger partial charge in [0.25, 0.3) is 0 Å². The number of carbonyl (C=O) groups is 3. The van der Waals surface area contributed by atoms with Crippen LogP contribution < -0.4 is 0 Å². The summed E-state index contributed by atoms with van der Waals surface area (Å²) in [5.74, 6) is -0.885. The van der Waals surface area contributed by atoms with Crippen LogP contribution in [0.4, 0.5) is 0 Å². The highest BCUT2D eigenvalue weighted by atomic mass is 16.6. The number of carbonyl (C=O) groups excluding carboxylic acids is 3. The van der Waals surface area contributed by atoms with Gasteiger partial charge in [0.1, 0.15) is 13.2 Å². The summed E-state index contributed by atoms with van der Waals surface area (Å²) in [5.41, 5.74) is 0. The zero-order chi connectivity index (χ0) is 53.6. The van der Waals surface area contributed by atoms with E-state index in [1.807, 2.05) is 0 Å². The lowest BCUT2D eigenvalue weighted by atomic mass is 10.0. The van der Waals surface area contributed by atoms with E-state index in [0.717, 1.165) is 109 Å². The standard InChI is InChI=1S/C68H120O6/c1-4-7-10-13-16-19-22-24-26-27-28-29-30-31-32-33-34-35-36-37-38-39-40-41-43-44-46-49-52-55-58-61-67(70)73-64-65(63-72-66(69)60-57-54-51-48-21-18-15-12-9-6-3)74-68(71)62-59-56-53-50-47-45-42-25-23-20-17-14-11-8-5-2/h8,11,17,20,22,24-25,27-28,30-31,42,65H,4-7,9-10,12-16,18-19,21,23,26,29,32-41,43-64H2,1-3H3/b11-8-,20-17-,24-22-,28-27-,31-30-,42-25-. The molecule has 0 aliphatic carbocycles. The Bertz CT molecular complexity index is 1370. The molecule has 6 nitrogen and oxygen atoms in total. The average Bonchev–Trinajstić information content (AvgIpc) is 3.40. The first-order chi connectivity index (χ1) is 36.5. The summed E-state index contributed by atoms with van der Waals surface area (Å²) in [6.07, 6.45) is 80.7. The van der Waals surface area contributed by atoms with E-state index < -0.39 is 6.10 Å². The Balaban J connectivity index is 4.12. The fraction of sp³-hybridized carbons (Fsp3) is 0.779. The molecule has 0 spiro atoms. The van der Waals surface area contributed by atoms with Crippen LogP contribution in [0.2, 0.25) is 0 Å². The lowest BCUT2D eigenvalue weighted by Crippen LogP contribution is -2.30. The normalized spacial score (nSPS) is 12.5. The minimum Gasteiger partial charge on any atom is -0.462 e. The SMILES string of the molecule is CC/C=C\C/C=C\C/C=C\CCCCCCCC(=O)OC(COC(=O)CCCCCCCCCCCC)COC(=O)CCCCCCCCCCCCCCCCCC/C=C\C/C=C\C/C=C\CCCCCCC. The quantitative estimate of drug-likeness (QED) is 0.0261. The van der Waals surface area contributed by atoms with Crippen LogP contribution in [-0.4, -0.2) is 37.2 Å². The molecule has 1 atom stereocenters. The third kappa shape index (κ3) is 59.7. The van der Waals surface area contributed by atoms with Crippen LogP contribution in [0.5, 0.6) is 0 Å². The summed E-state index contributed by atoms with van der Waals surface area (Å²) in [7, 11) is 0. The minimum atomic E-state index is -0.781. The van der Waals surface area contributed by atoms with Crippen molar-refractivity contribution in [3.8, 4) is 0 Å². The third-order valence-electron chi connectivity index (χ3n) is 13.9. The van der Waals surface area contributed by atoms with Crippen molar-refractivity contribution in [2.24, 2.45) is 0 Å². The van der Waals surface area contributed by atoms with Gasteiger partial charge in [-0.2, -0.15) is 0 Å². The Morgan fingerprint density at radius 3 is 0.824 bits per heavy atom. The molecule has 0 amide bonds. The van der Waals surface area contributed by atoms with Gasteiger partial charge in [-0.25, -0.2) is 0 Å². The van der Waals surface area contributed by atoms with Gasteiger partial charge >= 0.3 is 17.9 Å². The number of hydrogen-bond donors (Lipinski definition) is 0. The van der Waals surface area contributed by atoms with Crippen LogP contribution in [0, 0.1) is 0 Å². The first-order valence-corrected chi connectivity index (χ1v) is 31.9. The monoisotopic (exact) mass is 1030 g/mol. The van der Waals surface area contributed by atoms with E-state index in [-0.39, 0.29) is 31.1 Å². The molecule has 0 fully saturated rings. The van der Waals surface area contributed by atoms with Crippen molar-refractivity contribution in [3.63, 3.8) is 0 Å². The highest BCUT2D eigenvalue weighted by Gasteiger charge is 2.19. The van der Waals surface area contributed by atoms with Gasteiger partial charge < -0.3 is 14.2 Å². The molecule has 0 radical (unpaired) electrons. The topological polar surface area (TPSA) is 78.9 Å². The van der Waals surface area contributed by atoms with Crippen molar-refractivity contribution in [3.05, 3.63) is 72.9 Å². The van der Waals surface area contributed by atoms with Gasteiger partial charge in [0.05, 0.1) is 0 Å². The molecule has 428 valence electrons. The molecule has 0 N–H and O–H groups in total. The average molecular weight is 1030 g/mol. The first-order valence-electron chi connectivity index (χ1n) is 31.9. The summed E-state index contributed by atoms with van der Waals surface area (Å²) in [6.45, 7) is 6.52. The van der Waals surface area contributed by atoms with Gasteiger partial charge in [0.15, 0.2) is 6.10 Å². The van der Waals surface area contributed by atoms with Gasteiger partial charge in [0.2, 0.25) is 0 Å². The van der Waals surface area contributed by atoms with Crippen LogP contribution >= 0.6 is 0 Å². The number of ether oxygens (including phenoxy) is 3. The summed E-state index contributed by atoms with van der Waals surface area (Å²) >= 11 is 0. The van der Waals surface area contributed by atoms with Crippen molar-refractivity contribution in [1.82, 2.24) is 0 Å². The number of rotatable bonds is 58. The summed E-state index contributed by atoms with van der Waals surface area (Å²) in [6, 6.07) is 0. The molecule has 74 heavy (non-hydrogen) atoms. The molecular formula is C68H120O6. The second-order valence-corrected chi connectivity index (χ2v) is 21.3. The fourth-order valence-electron chi connectivity index (χ4n) is 9.17. The third-order valence-corrected chi connectivity index (χ3v) is 13.9. The minimum absolute atomic E-state index is 0.0790. The molecule has 0 rings (SSSR count). The number of allylic oxidation sites excluding steroid dienone is 12. The van der Waals surface area contributed by atoms with Crippen LogP contribution in [0.15, 0.2) is 72.9 Å². The Labute approximate surface area is 459 Å². The lowest BCUT2D eigenvalue weighted by molar-refractivity contribution is -0.167. The van der Waals surface area contributed by atoms with E-state index in [4.69, 9.17) is 14.2 Å². The van der Waals surface area contributed by atoms with Crippen LogP contribution in [0.1, 0.15) is 323 Å². The number of unbranched alkanes of at least 4 members (excludes halogenated alkanes) is 35. The van der Waals surface area contributed by atoms with E-state index in [0.29, 0.717) is 19.3 Å². The van der Waals surface area contributed by atoms with Crippen molar-refractivity contribution >= 4 is 17.9 Å². The van der Waals surface area contributed by atoms with Gasteiger partial charge in [-0.15, -0.1) is 0 Å². The predicted octanol–water partition coefficient (Wildman–Crippen LogP) is 21.7. The number of hydrogen-bond acceptors (Lipinski definition) is 6. The molecule has 0 heterocycles. The van der Waals surface area contributed by atoms with E-state index in [1.165, 1.54) is 173 Å². The zero-order valence-corrected chi connectivity index (χ0v) is 49.1. The second kappa shape index (κ2) is 62.4. The lowest BCUT2D eigenvalue weighted by Gasteiger charge is -2.18. The molecule has 0 aromatic carbocycles. The maximum Gasteiger partial charge on any atom is 0.306 e. The molecule has 0 aromatic rings. The molecular weight excluding hydrogens is 913 g/mol. The summed E-state index contributed by atoms with van der Waals surface area (Å²) in [4.78, 5) is 38.1. The van der Waals surface area contributed by atoms with Gasteiger partial charge in [0, 0.05) is 19.3 Å². The Morgan fingerprint density at radius 2 is 0.527 bits per heavy atom. The fourth-order valence-corrected chi connectivity index (χ4v) is 9.17.